The normalized spacial score (nSPS) is 24.3. The summed E-state index contributed by atoms with van der Waals surface area (Å²) in [5.74, 6) is -0.674. The van der Waals surface area contributed by atoms with Crippen LogP contribution in [0.5, 0.6) is 0 Å². The third kappa shape index (κ3) is 6.48. The summed E-state index contributed by atoms with van der Waals surface area (Å²) in [6, 6.07) is 3.61. The quantitative estimate of drug-likeness (QED) is 0.585. The van der Waals surface area contributed by atoms with Gasteiger partial charge in [-0.05, 0) is 42.9 Å². The Kier molecular flexibility index (Phi) is 8.25. The first kappa shape index (κ1) is 26.4. The highest BCUT2D eigenvalue weighted by Gasteiger charge is 2.38. The lowest BCUT2D eigenvalue weighted by atomic mass is 9.88. The maximum absolute atomic E-state index is 14.9. The summed E-state index contributed by atoms with van der Waals surface area (Å²) in [5.41, 5.74) is -1.05. The molecule has 1 aliphatic carbocycles. The number of piperidine rings is 1. The molecule has 0 saturated carbocycles. The van der Waals surface area contributed by atoms with E-state index in [0.29, 0.717) is 19.4 Å². The summed E-state index contributed by atoms with van der Waals surface area (Å²) in [6.07, 6.45) is -3.67. The van der Waals surface area contributed by atoms with Gasteiger partial charge < -0.3 is 14.4 Å². The molecule has 1 N–H and O–H groups in total. The number of ether oxygens (including phenoxy) is 2. The van der Waals surface area contributed by atoms with E-state index in [0.717, 1.165) is 12.3 Å². The zero-order chi connectivity index (χ0) is 25.1. The third-order valence-corrected chi connectivity index (χ3v) is 6.80. The first-order chi connectivity index (χ1) is 15.9. The lowest BCUT2D eigenvalue weighted by molar-refractivity contribution is -0.137. The zero-order valence-electron chi connectivity index (χ0n) is 18.9. The average Bonchev–Trinajstić information content (AvgIpc) is 2.76. The number of carbonyl (C=O) groups is 1. The van der Waals surface area contributed by atoms with Gasteiger partial charge in [-0.1, -0.05) is 18.2 Å². The van der Waals surface area contributed by atoms with Gasteiger partial charge in [-0.15, -0.1) is 0 Å². The number of halogens is 4. The SMILES string of the molecule is COC(=O)N1CCCC(NS(C)(=O)=O)C1COC1CCC(c2ccccc2C(F)(F)F)=C(F)C1. The number of benzene rings is 1. The molecular formula is C22H28F4N2O5S. The number of nitrogens with zero attached hydrogens (tertiary/aromatic N) is 1. The molecule has 2 aliphatic rings. The van der Waals surface area contributed by atoms with Gasteiger partial charge in [-0.25, -0.2) is 22.3 Å². The van der Waals surface area contributed by atoms with E-state index in [1.165, 1.54) is 30.2 Å². The summed E-state index contributed by atoms with van der Waals surface area (Å²) < 4.78 is 91.8. The first-order valence-electron chi connectivity index (χ1n) is 10.9. The first-order valence-corrected chi connectivity index (χ1v) is 12.8. The van der Waals surface area contributed by atoms with Crippen LogP contribution in [0.2, 0.25) is 0 Å². The number of hydrogen-bond donors (Lipinski definition) is 1. The van der Waals surface area contributed by atoms with Crippen LogP contribution in [0.1, 0.15) is 43.2 Å². The fourth-order valence-electron chi connectivity index (χ4n) is 4.54. The van der Waals surface area contributed by atoms with Crippen molar-refractivity contribution in [3.63, 3.8) is 0 Å². The highest BCUT2D eigenvalue weighted by Crippen LogP contribution is 2.41. The van der Waals surface area contributed by atoms with Crippen LogP contribution >= 0.6 is 0 Å². The van der Waals surface area contributed by atoms with E-state index in [4.69, 9.17) is 9.47 Å². The number of amides is 1. The molecule has 34 heavy (non-hydrogen) atoms. The third-order valence-electron chi connectivity index (χ3n) is 6.06. The van der Waals surface area contributed by atoms with Gasteiger partial charge in [0, 0.05) is 19.0 Å². The Bertz CT molecular complexity index is 1030. The Morgan fingerprint density at radius 3 is 2.56 bits per heavy atom. The lowest BCUT2D eigenvalue weighted by Crippen LogP contribution is -2.59. The fraction of sp³-hybridized carbons (Fsp3) is 0.591. The van der Waals surface area contributed by atoms with E-state index < -0.39 is 51.9 Å². The predicted molar refractivity (Wildman–Crippen MR) is 117 cm³/mol. The highest BCUT2D eigenvalue weighted by molar-refractivity contribution is 7.88. The van der Waals surface area contributed by atoms with Gasteiger partial charge in [0.05, 0.1) is 37.7 Å². The second-order valence-electron chi connectivity index (χ2n) is 8.49. The van der Waals surface area contributed by atoms with Crippen LogP contribution < -0.4 is 4.72 Å². The monoisotopic (exact) mass is 508 g/mol. The average molecular weight is 509 g/mol. The molecule has 1 saturated heterocycles. The second-order valence-corrected chi connectivity index (χ2v) is 10.3. The van der Waals surface area contributed by atoms with Crippen LogP contribution in [0.4, 0.5) is 22.4 Å². The van der Waals surface area contributed by atoms with E-state index in [1.807, 2.05) is 0 Å². The van der Waals surface area contributed by atoms with Crippen molar-refractivity contribution in [2.75, 3.05) is 26.5 Å². The molecular weight excluding hydrogens is 480 g/mol. The molecule has 0 radical (unpaired) electrons. The standard InChI is InChI=1S/C22H28F4N2O5S/c1-32-21(29)28-11-5-8-19(27-34(2,30)31)20(28)13-33-14-9-10-16(18(23)12-14)15-6-3-4-7-17(15)22(24,25)26/h3-4,6-7,14,19-20,27H,5,8-13H2,1-2H3. The molecule has 1 aromatic carbocycles. The summed E-state index contributed by atoms with van der Waals surface area (Å²) in [7, 11) is -2.34. The van der Waals surface area contributed by atoms with Crippen molar-refractivity contribution in [2.45, 2.75) is 56.5 Å². The van der Waals surface area contributed by atoms with Crippen LogP contribution in [-0.2, 0) is 25.7 Å². The van der Waals surface area contributed by atoms with Gasteiger partial charge in [0.1, 0.15) is 5.83 Å². The molecule has 190 valence electrons. The van der Waals surface area contributed by atoms with E-state index in [2.05, 4.69) is 4.72 Å². The van der Waals surface area contributed by atoms with Crippen molar-refractivity contribution in [2.24, 2.45) is 0 Å². The number of carbonyl (C=O) groups excluding carboxylic acids is 1. The molecule has 3 unspecified atom stereocenters. The van der Waals surface area contributed by atoms with Crippen molar-refractivity contribution in [3.05, 3.63) is 41.2 Å². The Morgan fingerprint density at radius 2 is 1.94 bits per heavy atom. The Labute approximate surface area is 196 Å². The molecule has 0 bridgehead atoms. The van der Waals surface area contributed by atoms with Gasteiger partial charge in [-0.2, -0.15) is 13.2 Å². The Balaban J connectivity index is 1.74. The minimum Gasteiger partial charge on any atom is -0.453 e. The number of nitrogens with one attached hydrogen (secondary N) is 1. The summed E-state index contributed by atoms with van der Waals surface area (Å²) in [6.45, 7) is 0.272. The molecule has 1 fully saturated rings. The number of alkyl halides is 3. The van der Waals surface area contributed by atoms with Crippen LogP contribution in [-0.4, -0.2) is 64.1 Å². The minimum absolute atomic E-state index is 0.0123. The predicted octanol–water partition coefficient (Wildman–Crippen LogP) is 4.10. The molecule has 1 aromatic rings. The molecule has 0 spiro atoms. The van der Waals surface area contributed by atoms with E-state index in [-0.39, 0.29) is 37.0 Å². The molecule has 3 rings (SSSR count). The molecule has 1 aliphatic heterocycles. The number of sulfonamides is 1. The number of likely N-dealkylation sites (tertiary alicyclic amines) is 1. The Hall–Kier alpha value is -2.18. The van der Waals surface area contributed by atoms with Gasteiger partial charge in [0.25, 0.3) is 0 Å². The smallest absolute Gasteiger partial charge is 0.416 e. The summed E-state index contributed by atoms with van der Waals surface area (Å²) in [5, 5.41) is 0. The largest absolute Gasteiger partial charge is 0.453 e. The summed E-state index contributed by atoms with van der Waals surface area (Å²) in [4.78, 5) is 13.6. The maximum atomic E-state index is 14.9. The van der Waals surface area contributed by atoms with E-state index >= 15 is 0 Å². The van der Waals surface area contributed by atoms with Crippen molar-refractivity contribution in [3.8, 4) is 0 Å². The van der Waals surface area contributed by atoms with Crippen molar-refractivity contribution in [1.29, 1.82) is 0 Å². The number of allylic oxidation sites excluding steroid dienone is 1. The van der Waals surface area contributed by atoms with Gasteiger partial charge in [0.2, 0.25) is 10.0 Å². The van der Waals surface area contributed by atoms with Gasteiger partial charge in [0.15, 0.2) is 0 Å². The van der Waals surface area contributed by atoms with Crippen LogP contribution in [0.3, 0.4) is 0 Å². The molecule has 1 amide bonds. The topological polar surface area (TPSA) is 84.9 Å². The van der Waals surface area contributed by atoms with E-state index in [1.54, 1.807) is 0 Å². The number of rotatable bonds is 6. The van der Waals surface area contributed by atoms with E-state index in [9.17, 15) is 30.8 Å². The molecule has 1 heterocycles. The lowest BCUT2D eigenvalue weighted by Gasteiger charge is -2.40. The van der Waals surface area contributed by atoms with Crippen LogP contribution in [0.25, 0.3) is 5.57 Å². The Morgan fingerprint density at radius 1 is 1.24 bits per heavy atom. The van der Waals surface area contributed by atoms with Gasteiger partial charge >= 0.3 is 12.3 Å². The van der Waals surface area contributed by atoms with Crippen molar-refractivity contribution in [1.82, 2.24) is 9.62 Å². The summed E-state index contributed by atoms with van der Waals surface area (Å²) >= 11 is 0. The van der Waals surface area contributed by atoms with Crippen LogP contribution in [0.15, 0.2) is 30.1 Å². The highest BCUT2D eigenvalue weighted by atomic mass is 32.2. The maximum Gasteiger partial charge on any atom is 0.416 e. The molecule has 7 nitrogen and oxygen atoms in total. The van der Waals surface area contributed by atoms with Crippen molar-refractivity contribution < 1.29 is 40.2 Å². The fourth-order valence-corrected chi connectivity index (χ4v) is 5.36. The number of hydrogen-bond acceptors (Lipinski definition) is 5. The zero-order valence-corrected chi connectivity index (χ0v) is 19.7. The molecule has 0 aromatic heterocycles. The van der Waals surface area contributed by atoms with Gasteiger partial charge in [-0.3, -0.25) is 0 Å². The minimum atomic E-state index is -4.60. The van der Waals surface area contributed by atoms with Crippen molar-refractivity contribution >= 4 is 21.7 Å². The molecule has 12 heteroatoms. The second kappa shape index (κ2) is 10.6. The van der Waals surface area contributed by atoms with Crippen LogP contribution in [0, 0.1) is 0 Å². The molecule has 3 atom stereocenters. The number of methoxy groups -OCH3 is 1.